The van der Waals surface area contributed by atoms with E-state index in [2.05, 4.69) is 15.3 Å². The second-order valence-corrected chi connectivity index (χ2v) is 6.07. The van der Waals surface area contributed by atoms with E-state index in [4.69, 9.17) is 0 Å². The minimum atomic E-state index is -0.0857. The monoisotopic (exact) mass is 334 g/mol. The quantitative estimate of drug-likeness (QED) is 0.777. The predicted octanol–water partition coefficient (Wildman–Crippen LogP) is 3.51. The molecule has 2 aromatic heterocycles. The fraction of sp³-hybridized carbons (Fsp3) is 0.250. The lowest BCUT2D eigenvalue weighted by Crippen LogP contribution is -2.24. The molecule has 128 valence electrons. The van der Waals surface area contributed by atoms with Crippen molar-refractivity contribution in [3.8, 4) is 11.1 Å². The van der Waals surface area contributed by atoms with Crippen molar-refractivity contribution in [3.63, 3.8) is 0 Å². The van der Waals surface area contributed by atoms with Gasteiger partial charge >= 0.3 is 0 Å². The van der Waals surface area contributed by atoms with E-state index >= 15 is 0 Å². The fourth-order valence-corrected chi connectivity index (χ4v) is 2.87. The van der Waals surface area contributed by atoms with Gasteiger partial charge in [0.1, 0.15) is 0 Å². The third-order valence-electron chi connectivity index (χ3n) is 4.13. The van der Waals surface area contributed by atoms with Gasteiger partial charge in [-0.05, 0) is 56.2 Å². The molecule has 2 heterocycles. The Bertz CT molecular complexity index is 861. The number of hydrogen-bond acceptors (Lipinski definition) is 3. The molecule has 3 rings (SSSR count). The average Bonchev–Trinajstić information content (AvgIpc) is 3.06. The topological polar surface area (TPSA) is 59.8 Å². The molecule has 0 saturated carbocycles. The molecule has 0 aliphatic rings. The fourth-order valence-electron chi connectivity index (χ4n) is 2.87. The van der Waals surface area contributed by atoms with Crippen molar-refractivity contribution in [3.05, 3.63) is 71.6 Å². The Morgan fingerprint density at radius 2 is 1.76 bits per heavy atom. The van der Waals surface area contributed by atoms with Crippen LogP contribution in [0.2, 0.25) is 0 Å². The molecule has 0 saturated heterocycles. The average molecular weight is 334 g/mol. The SMILES string of the molecule is CCn1cncc1CNC(=O)c1ccc(-c2cc(C)nc(C)c2)cc1. The highest BCUT2D eigenvalue weighted by Crippen LogP contribution is 2.21. The number of carbonyl (C=O) groups is 1. The van der Waals surface area contributed by atoms with Crippen LogP contribution in [0, 0.1) is 13.8 Å². The highest BCUT2D eigenvalue weighted by Gasteiger charge is 2.08. The zero-order chi connectivity index (χ0) is 17.8. The van der Waals surface area contributed by atoms with Crippen molar-refractivity contribution >= 4 is 5.91 Å². The van der Waals surface area contributed by atoms with Crippen LogP contribution >= 0.6 is 0 Å². The van der Waals surface area contributed by atoms with E-state index in [1.54, 1.807) is 12.5 Å². The lowest BCUT2D eigenvalue weighted by atomic mass is 10.0. The van der Waals surface area contributed by atoms with Gasteiger partial charge in [-0.2, -0.15) is 0 Å². The summed E-state index contributed by atoms with van der Waals surface area (Å²) < 4.78 is 2.01. The Hall–Kier alpha value is -2.95. The van der Waals surface area contributed by atoms with Crippen molar-refractivity contribution in [2.75, 3.05) is 0 Å². The molecule has 0 radical (unpaired) electrons. The van der Waals surface area contributed by atoms with E-state index in [1.165, 1.54) is 0 Å². The van der Waals surface area contributed by atoms with Gasteiger partial charge < -0.3 is 9.88 Å². The predicted molar refractivity (Wildman–Crippen MR) is 98.2 cm³/mol. The van der Waals surface area contributed by atoms with Crippen LogP contribution in [0.4, 0.5) is 0 Å². The number of aryl methyl sites for hydroxylation is 3. The van der Waals surface area contributed by atoms with Gasteiger partial charge in [-0.3, -0.25) is 9.78 Å². The summed E-state index contributed by atoms with van der Waals surface area (Å²) in [7, 11) is 0. The first-order valence-electron chi connectivity index (χ1n) is 8.39. The third-order valence-corrected chi connectivity index (χ3v) is 4.13. The van der Waals surface area contributed by atoms with Crippen LogP contribution in [-0.2, 0) is 13.1 Å². The number of nitrogens with zero attached hydrogens (tertiary/aromatic N) is 3. The number of rotatable bonds is 5. The maximum absolute atomic E-state index is 12.3. The van der Waals surface area contributed by atoms with Crippen LogP contribution in [0.1, 0.15) is 34.4 Å². The lowest BCUT2D eigenvalue weighted by Gasteiger charge is -2.09. The van der Waals surface area contributed by atoms with Gasteiger partial charge in [0, 0.05) is 29.7 Å². The van der Waals surface area contributed by atoms with E-state index in [1.807, 2.05) is 61.7 Å². The normalized spacial score (nSPS) is 10.7. The number of carbonyl (C=O) groups excluding carboxylic acids is 1. The summed E-state index contributed by atoms with van der Waals surface area (Å²) in [4.78, 5) is 20.9. The van der Waals surface area contributed by atoms with E-state index in [9.17, 15) is 4.79 Å². The van der Waals surface area contributed by atoms with Gasteiger partial charge in [-0.15, -0.1) is 0 Å². The number of nitrogens with one attached hydrogen (secondary N) is 1. The molecule has 1 amide bonds. The van der Waals surface area contributed by atoms with Gasteiger partial charge in [0.05, 0.1) is 18.6 Å². The maximum Gasteiger partial charge on any atom is 0.251 e. The zero-order valence-corrected chi connectivity index (χ0v) is 14.8. The van der Waals surface area contributed by atoms with Crippen molar-refractivity contribution in [1.82, 2.24) is 19.9 Å². The zero-order valence-electron chi connectivity index (χ0n) is 14.8. The number of benzene rings is 1. The molecule has 1 aromatic carbocycles. The molecular weight excluding hydrogens is 312 g/mol. The smallest absolute Gasteiger partial charge is 0.251 e. The molecule has 0 atom stereocenters. The molecule has 0 unspecified atom stereocenters. The van der Waals surface area contributed by atoms with Crippen LogP contribution in [0.3, 0.4) is 0 Å². The first-order valence-corrected chi connectivity index (χ1v) is 8.39. The second-order valence-electron chi connectivity index (χ2n) is 6.07. The summed E-state index contributed by atoms with van der Waals surface area (Å²) >= 11 is 0. The Labute approximate surface area is 147 Å². The Kier molecular flexibility index (Phi) is 4.93. The molecule has 0 fully saturated rings. The Balaban J connectivity index is 1.70. The minimum absolute atomic E-state index is 0.0857. The van der Waals surface area contributed by atoms with E-state index < -0.39 is 0 Å². The van der Waals surface area contributed by atoms with Crippen LogP contribution in [-0.4, -0.2) is 20.4 Å². The van der Waals surface area contributed by atoms with Crippen LogP contribution < -0.4 is 5.32 Å². The number of pyridine rings is 1. The number of amides is 1. The molecule has 0 aliphatic carbocycles. The highest BCUT2D eigenvalue weighted by molar-refractivity contribution is 5.94. The summed E-state index contributed by atoms with van der Waals surface area (Å²) in [6.45, 7) is 7.33. The summed E-state index contributed by atoms with van der Waals surface area (Å²) in [5.74, 6) is -0.0857. The minimum Gasteiger partial charge on any atom is -0.346 e. The first kappa shape index (κ1) is 16.9. The van der Waals surface area contributed by atoms with Gasteiger partial charge in [-0.1, -0.05) is 12.1 Å². The molecule has 0 bridgehead atoms. The van der Waals surface area contributed by atoms with Gasteiger partial charge in [-0.25, -0.2) is 4.98 Å². The van der Waals surface area contributed by atoms with Gasteiger partial charge in [0.15, 0.2) is 0 Å². The van der Waals surface area contributed by atoms with Crippen molar-refractivity contribution in [1.29, 1.82) is 0 Å². The molecule has 25 heavy (non-hydrogen) atoms. The van der Waals surface area contributed by atoms with Crippen LogP contribution in [0.5, 0.6) is 0 Å². The van der Waals surface area contributed by atoms with Crippen molar-refractivity contribution < 1.29 is 4.79 Å². The summed E-state index contributed by atoms with van der Waals surface area (Å²) in [6, 6.07) is 11.8. The summed E-state index contributed by atoms with van der Waals surface area (Å²) in [5.41, 5.74) is 5.82. The first-order chi connectivity index (χ1) is 12.1. The largest absolute Gasteiger partial charge is 0.346 e. The molecule has 5 heteroatoms. The molecular formula is C20H22N4O. The van der Waals surface area contributed by atoms with Crippen LogP contribution in [0.25, 0.3) is 11.1 Å². The Morgan fingerprint density at radius 3 is 2.40 bits per heavy atom. The number of imidazole rings is 1. The molecule has 0 aliphatic heterocycles. The highest BCUT2D eigenvalue weighted by atomic mass is 16.1. The number of aromatic nitrogens is 3. The van der Waals surface area contributed by atoms with E-state index in [0.29, 0.717) is 12.1 Å². The Morgan fingerprint density at radius 1 is 1.08 bits per heavy atom. The molecule has 3 aromatic rings. The van der Waals surface area contributed by atoms with Gasteiger partial charge in [0.2, 0.25) is 0 Å². The lowest BCUT2D eigenvalue weighted by molar-refractivity contribution is 0.0950. The third kappa shape index (κ3) is 3.94. The maximum atomic E-state index is 12.3. The molecule has 0 spiro atoms. The second kappa shape index (κ2) is 7.30. The summed E-state index contributed by atoms with van der Waals surface area (Å²) in [5, 5.41) is 2.94. The standard InChI is InChI=1S/C20H22N4O/c1-4-24-13-21-11-19(24)12-22-20(25)17-7-5-16(6-8-17)18-9-14(2)23-15(3)10-18/h5-11,13H,4,12H2,1-3H3,(H,22,25). The molecule has 1 N–H and O–H groups in total. The molecule has 5 nitrogen and oxygen atoms in total. The van der Waals surface area contributed by atoms with Crippen LogP contribution in [0.15, 0.2) is 48.9 Å². The van der Waals surface area contributed by atoms with E-state index in [-0.39, 0.29) is 5.91 Å². The number of hydrogen-bond donors (Lipinski definition) is 1. The van der Waals surface area contributed by atoms with E-state index in [0.717, 1.165) is 34.8 Å². The van der Waals surface area contributed by atoms with Gasteiger partial charge in [0.25, 0.3) is 5.91 Å². The van der Waals surface area contributed by atoms with Crippen molar-refractivity contribution in [2.24, 2.45) is 0 Å². The summed E-state index contributed by atoms with van der Waals surface area (Å²) in [6.07, 6.45) is 3.55. The van der Waals surface area contributed by atoms with Crippen molar-refractivity contribution in [2.45, 2.75) is 33.9 Å².